The highest BCUT2D eigenvalue weighted by Gasteiger charge is 2.20. The van der Waals surface area contributed by atoms with Crippen molar-refractivity contribution in [2.45, 2.75) is 6.04 Å². The Kier molecular flexibility index (Phi) is 5.43. The third-order valence-electron chi connectivity index (χ3n) is 3.22. The van der Waals surface area contributed by atoms with Gasteiger partial charge in [0.1, 0.15) is 5.82 Å². The summed E-state index contributed by atoms with van der Waals surface area (Å²) in [6, 6.07) is 10.4. The summed E-state index contributed by atoms with van der Waals surface area (Å²) in [7, 11) is 1.58. The number of carbonyl (C=O) groups is 1. The van der Waals surface area contributed by atoms with E-state index in [-0.39, 0.29) is 25.0 Å². The number of amides is 2. The summed E-state index contributed by atoms with van der Waals surface area (Å²) in [4.78, 5) is 17.8. The summed E-state index contributed by atoms with van der Waals surface area (Å²) in [5, 5.41) is 11.7. The largest absolute Gasteiger partial charge is 0.395 e. The third kappa shape index (κ3) is 4.02. The highest BCUT2D eigenvalue weighted by molar-refractivity contribution is 5.74. The summed E-state index contributed by atoms with van der Waals surface area (Å²) < 4.78 is 13.5. The number of benzene rings is 1. The minimum absolute atomic E-state index is 0.127. The number of pyridine rings is 1. The van der Waals surface area contributed by atoms with E-state index >= 15 is 0 Å². The fraction of sp³-hybridized carbons (Fsp3) is 0.250. The second kappa shape index (κ2) is 7.51. The molecule has 2 rings (SSSR count). The smallest absolute Gasteiger partial charge is 0.318 e. The van der Waals surface area contributed by atoms with Crippen molar-refractivity contribution in [1.82, 2.24) is 15.2 Å². The zero-order valence-electron chi connectivity index (χ0n) is 12.2. The van der Waals surface area contributed by atoms with E-state index in [4.69, 9.17) is 5.11 Å². The van der Waals surface area contributed by atoms with E-state index < -0.39 is 6.04 Å². The molecule has 2 N–H and O–H groups in total. The Morgan fingerprint density at radius 2 is 2.18 bits per heavy atom. The highest BCUT2D eigenvalue weighted by Crippen LogP contribution is 2.21. The van der Waals surface area contributed by atoms with Gasteiger partial charge in [-0.3, -0.25) is 4.98 Å². The first-order chi connectivity index (χ1) is 10.6. The minimum Gasteiger partial charge on any atom is -0.395 e. The molecule has 0 radical (unpaired) electrons. The van der Waals surface area contributed by atoms with Gasteiger partial charge < -0.3 is 15.3 Å². The summed E-state index contributed by atoms with van der Waals surface area (Å²) >= 11 is 0. The molecule has 1 atom stereocenters. The number of nitrogens with one attached hydrogen (secondary N) is 1. The van der Waals surface area contributed by atoms with Crippen molar-refractivity contribution in [2.75, 3.05) is 20.2 Å². The Hall–Kier alpha value is -2.47. The van der Waals surface area contributed by atoms with Crippen LogP contribution in [0.15, 0.2) is 48.7 Å². The molecule has 2 amide bonds. The molecule has 0 saturated heterocycles. The normalized spacial score (nSPS) is 11.8. The third-order valence-corrected chi connectivity index (χ3v) is 3.22. The summed E-state index contributed by atoms with van der Waals surface area (Å²) in [6.45, 7) is 0.0854. The van der Waals surface area contributed by atoms with Crippen LogP contribution in [0.25, 0.3) is 0 Å². The van der Waals surface area contributed by atoms with E-state index in [1.54, 1.807) is 43.6 Å². The van der Waals surface area contributed by atoms with Crippen molar-refractivity contribution in [3.05, 3.63) is 65.7 Å². The van der Waals surface area contributed by atoms with Crippen molar-refractivity contribution in [3.8, 4) is 0 Å². The van der Waals surface area contributed by atoms with Gasteiger partial charge in [-0.2, -0.15) is 0 Å². The number of nitrogens with zero attached hydrogens (tertiary/aromatic N) is 2. The molecular weight excluding hydrogens is 285 g/mol. The number of likely N-dealkylation sites (N-methyl/N-ethyl adjacent to an activating group) is 1. The van der Waals surface area contributed by atoms with Crippen LogP contribution in [0.1, 0.15) is 17.3 Å². The lowest BCUT2D eigenvalue weighted by atomic mass is 10.0. The lowest BCUT2D eigenvalue weighted by Gasteiger charge is -2.23. The van der Waals surface area contributed by atoms with Crippen LogP contribution in [-0.2, 0) is 0 Å². The topological polar surface area (TPSA) is 65.5 Å². The minimum atomic E-state index is -0.564. The Morgan fingerprint density at radius 3 is 2.82 bits per heavy atom. The fourth-order valence-electron chi connectivity index (χ4n) is 2.05. The molecule has 2 aromatic rings. The zero-order valence-corrected chi connectivity index (χ0v) is 12.2. The second-order valence-corrected chi connectivity index (χ2v) is 4.84. The number of halogens is 1. The molecule has 5 nitrogen and oxygen atoms in total. The first-order valence-electron chi connectivity index (χ1n) is 6.90. The zero-order chi connectivity index (χ0) is 15.9. The Morgan fingerprint density at radius 1 is 1.36 bits per heavy atom. The van der Waals surface area contributed by atoms with Gasteiger partial charge in [-0.1, -0.05) is 18.2 Å². The second-order valence-electron chi connectivity index (χ2n) is 4.84. The summed E-state index contributed by atoms with van der Waals surface area (Å²) in [5.41, 5.74) is 1.21. The molecule has 1 unspecified atom stereocenters. The molecule has 0 bridgehead atoms. The van der Waals surface area contributed by atoms with Crippen molar-refractivity contribution in [2.24, 2.45) is 0 Å². The maximum Gasteiger partial charge on any atom is 0.318 e. The van der Waals surface area contributed by atoms with Crippen LogP contribution in [0.2, 0.25) is 0 Å². The number of aliphatic hydroxyl groups is 1. The van der Waals surface area contributed by atoms with Crippen molar-refractivity contribution in [3.63, 3.8) is 0 Å². The van der Waals surface area contributed by atoms with E-state index in [9.17, 15) is 9.18 Å². The molecule has 0 spiro atoms. The summed E-state index contributed by atoms with van der Waals surface area (Å²) in [5.74, 6) is -0.378. The molecule has 1 heterocycles. The number of aromatic nitrogens is 1. The van der Waals surface area contributed by atoms with E-state index in [2.05, 4.69) is 10.3 Å². The molecule has 116 valence electrons. The average molecular weight is 303 g/mol. The van der Waals surface area contributed by atoms with Crippen LogP contribution in [0, 0.1) is 5.82 Å². The predicted molar refractivity (Wildman–Crippen MR) is 80.7 cm³/mol. The molecule has 0 saturated carbocycles. The van der Waals surface area contributed by atoms with Crippen LogP contribution < -0.4 is 5.32 Å². The van der Waals surface area contributed by atoms with Gasteiger partial charge in [0.05, 0.1) is 18.3 Å². The SMILES string of the molecule is CN(CCO)C(=O)NC(c1cccc(F)c1)c1ccccn1. The Bertz CT molecular complexity index is 622. The number of carbonyl (C=O) groups excluding carboxylic acids is 1. The molecule has 6 heteroatoms. The number of rotatable bonds is 5. The molecule has 0 aliphatic rings. The maximum absolute atomic E-state index is 13.5. The number of hydrogen-bond acceptors (Lipinski definition) is 3. The standard InChI is InChI=1S/C16H18FN3O2/c1-20(9-10-21)16(22)19-15(14-7-2-3-8-18-14)12-5-4-6-13(17)11-12/h2-8,11,15,21H,9-10H2,1H3,(H,19,22). The van der Waals surface area contributed by atoms with Gasteiger partial charge in [-0.05, 0) is 29.8 Å². The predicted octanol–water partition coefficient (Wildman–Crippen LogP) is 1.94. The maximum atomic E-state index is 13.5. The molecular formula is C16H18FN3O2. The van der Waals surface area contributed by atoms with Gasteiger partial charge >= 0.3 is 6.03 Å². The van der Waals surface area contributed by atoms with Gasteiger partial charge in [-0.25, -0.2) is 9.18 Å². The van der Waals surface area contributed by atoms with Gasteiger partial charge in [0.2, 0.25) is 0 Å². The highest BCUT2D eigenvalue weighted by atomic mass is 19.1. The van der Waals surface area contributed by atoms with Crippen LogP contribution >= 0.6 is 0 Å². The van der Waals surface area contributed by atoms with E-state index in [1.165, 1.54) is 17.0 Å². The number of hydrogen-bond donors (Lipinski definition) is 2. The Labute approximate surface area is 128 Å². The van der Waals surface area contributed by atoms with Crippen molar-refractivity contribution in [1.29, 1.82) is 0 Å². The average Bonchev–Trinajstić information content (AvgIpc) is 2.53. The van der Waals surface area contributed by atoms with E-state index in [1.807, 2.05) is 0 Å². The molecule has 0 aliphatic heterocycles. The Balaban J connectivity index is 2.29. The first-order valence-corrected chi connectivity index (χ1v) is 6.90. The van der Waals surface area contributed by atoms with Crippen LogP contribution in [0.5, 0.6) is 0 Å². The van der Waals surface area contributed by atoms with Crippen LogP contribution in [0.3, 0.4) is 0 Å². The number of urea groups is 1. The van der Waals surface area contributed by atoms with Gasteiger partial charge in [-0.15, -0.1) is 0 Å². The van der Waals surface area contributed by atoms with E-state index in [0.717, 1.165) is 0 Å². The molecule has 0 fully saturated rings. The van der Waals surface area contributed by atoms with Crippen LogP contribution in [-0.4, -0.2) is 41.2 Å². The van der Waals surface area contributed by atoms with Crippen LogP contribution in [0.4, 0.5) is 9.18 Å². The first kappa shape index (κ1) is 15.9. The lowest BCUT2D eigenvalue weighted by Crippen LogP contribution is -2.41. The van der Waals surface area contributed by atoms with E-state index in [0.29, 0.717) is 11.3 Å². The van der Waals surface area contributed by atoms with Gasteiger partial charge in [0, 0.05) is 19.8 Å². The quantitative estimate of drug-likeness (QED) is 0.887. The molecule has 22 heavy (non-hydrogen) atoms. The van der Waals surface area contributed by atoms with Gasteiger partial charge in [0.15, 0.2) is 0 Å². The summed E-state index contributed by atoms with van der Waals surface area (Å²) in [6.07, 6.45) is 1.62. The monoisotopic (exact) mass is 303 g/mol. The molecule has 1 aromatic carbocycles. The number of aliphatic hydroxyl groups excluding tert-OH is 1. The van der Waals surface area contributed by atoms with Gasteiger partial charge in [0.25, 0.3) is 0 Å². The molecule has 0 aliphatic carbocycles. The van der Waals surface area contributed by atoms with Crippen molar-refractivity contribution >= 4 is 6.03 Å². The van der Waals surface area contributed by atoms with Crippen molar-refractivity contribution < 1.29 is 14.3 Å². The molecule has 1 aromatic heterocycles. The lowest BCUT2D eigenvalue weighted by molar-refractivity contribution is 0.188. The fourth-order valence-corrected chi connectivity index (χ4v) is 2.05.